The van der Waals surface area contributed by atoms with Gasteiger partial charge in [-0.1, -0.05) is 6.07 Å². The molecule has 4 nitrogen and oxygen atoms in total. The van der Waals surface area contributed by atoms with Crippen LogP contribution in [0.1, 0.15) is 5.56 Å². The lowest BCUT2D eigenvalue weighted by molar-refractivity contribution is -0.108. The second-order valence-electron chi connectivity index (χ2n) is 3.10. The Morgan fingerprint density at radius 1 is 1.40 bits per heavy atom. The van der Waals surface area contributed by atoms with Crippen molar-refractivity contribution in [3.05, 3.63) is 36.2 Å². The SMILES string of the molecule is O=CNC=Cc1ccc2c(O)c[nH]c2c1. The van der Waals surface area contributed by atoms with E-state index in [-0.39, 0.29) is 5.75 Å². The first-order chi connectivity index (χ1) is 7.31. The van der Waals surface area contributed by atoms with E-state index in [1.807, 2.05) is 18.2 Å². The quantitative estimate of drug-likeness (QED) is 0.662. The van der Waals surface area contributed by atoms with E-state index >= 15 is 0 Å². The van der Waals surface area contributed by atoms with Gasteiger partial charge < -0.3 is 15.4 Å². The van der Waals surface area contributed by atoms with E-state index in [1.165, 1.54) is 0 Å². The maximum Gasteiger partial charge on any atom is 0.211 e. The molecule has 1 aromatic heterocycles. The van der Waals surface area contributed by atoms with Crippen molar-refractivity contribution in [3.63, 3.8) is 0 Å². The van der Waals surface area contributed by atoms with Crippen LogP contribution < -0.4 is 5.32 Å². The largest absolute Gasteiger partial charge is 0.506 e. The Labute approximate surface area is 86.2 Å². The molecule has 2 rings (SSSR count). The number of aromatic nitrogens is 1. The standard InChI is InChI=1S/C11H10N2O2/c14-7-12-4-3-8-1-2-9-10(5-8)13-6-11(9)15/h1-7,13,15H,(H,12,14). The topological polar surface area (TPSA) is 65.1 Å². The number of carbonyl (C=O) groups excluding carboxylic acids is 1. The average molecular weight is 202 g/mol. The normalized spacial score (nSPS) is 10.9. The summed E-state index contributed by atoms with van der Waals surface area (Å²) in [4.78, 5) is 13.0. The second-order valence-corrected chi connectivity index (χ2v) is 3.10. The van der Waals surface area contributed by atoms with Crippen LogP contribution in [0.3, 0.4) is 0 Å². The second kappa shape index (κ2) is 3.88. The Hall–Kier alpha value is -2.23. The Kier molecular flexibility index (Phi) is 2.41. The van der Waals surface area contributed by atoms with Crippen molar-refractivity contribution in [2.24, 2.45) is 0 Å². The van der Waals surface area contributed by atoms with Gasteiger partial charge in [-0.25, -0.2) is 0 Å². The first-order valence-electron chi connectivity index (χ1n) is 4.47. The fraction of sp³-hybridized carbons (Fsp3) is 0. The molecule has 0 aliphatic carbocycles. The number of carbonyl (C=O) groups is 1. The van der Waals surface area contributed by atoms with Gasteiger partial charge in [-0.05, 0) is 23.8 Å². The van der Waals surface area contributed by atoms with Gasteiger partial charge in [0.05, 0.1) is 0 Å². The molecule has 3 N–H and O–H groups in total. The number of amides is 1. The van der Waals surface area contributed by atoms with E-state index in [1.54, 1.807) is 18.5 Å². The molecule has 0 atom stereocenters. The molecule has 0 unspecified atom stereocenters. The van der Waals surface area contributed by atoms with Crippen LogP contribution >= 0.6 is 0 Å². The number of hydrogen-bond donors (Lipinski definition) is 3. The fourth-order valence-electron chi connectivity index (χ4n) is 1.42. The van der Waals surface area contributed by atoms with Gasteiger partial charge in [-0.15, -0.1) is 0 Å². The van der Waals surface area contributed by atoms with Crippen molar-refractivity contribution in [2.75, 3.05) is 0 Å². The van der Waals surface area contributed by atoms with Crippen LogP contribution in [0.15, 0.2) is 30.6 Å². The van der Waals surface area contributed by atoms with Crippen molar-refractivity contribution in [3.8, 4) is 5.75 Å². The zero-order valence-corrected chi connectivity index (χ0v) is 7.90. The van der Waals surface area contributed by atoms with Crippen LogP contribution in [-0.2, 0) is 4.79 Å². The lowest BCUT2D eigenvalue weighted by atomic mass is 10.1. The first-order valence-corrected chi connectivity index (χ1v) is 4.47. The molecule has 4 heteroatoms. The first kappa shape index (κ1) is 9.33. The van der Waals surface area contributed by atoms with Gasteiger partial charge in [0, 0.05) is 23.3 Å². The number of hydrogen-bond acceptors (Lipinski definition) is 2. The lowest BCUT2D eigenvalue weighted by Crippen LogP contribution is -1.97. The monoisotopic (exact) mass is 202 g/mol. The van der Waals surface area contributed by atoms with Crippen molar-refractivity contribution >= 4 is 23.4 Å². The minimum absolute atomic E-state index is 0.242. The molecule has 0 aliphatic heterocycles. The van der Waals surface area contributed by atoms with Gasteiger partial charge in [-0.3, -0.25) is 4.79 Å². The third-order valence-corrected chi connectivity index (χ3v) is 2.12. The Morgan fingerprint density at radius 2 is 2.27 bits per heavy atom. The molecule has 1 heterocycles. The minimum Gasteiger partial charge on any atom is -0.506 e. The van der Waals surface area contributed by atoms with Crippen LogP contribution in [0.2, 0.25) is 0 Å². The number of aromatic amines is 1. The molecule has 1 aromatic carbocycles. The zero-order chi connectivity index (χ0) is 10.7. The summed E-state index contributed by atoms with van der Waals surface area (Å²) in [6.07, 6.45) is 5.47. The van der Waals surface area contributed by atoms with E-state index in [0.717, 1.165) is 16.5 Å². The molecule has 0 spiro atoms. The van der Waals surface area contributed by atoms with Crippen molar-refractivity contribution in [1.29, 1.82) is 0 Å². The minimum atomic E-state index is 0.242. The number of benzene rings is 1. The summed E-state index contributed by atoms with van der Waals surface area (Å²) in [6.45, 7) is 0. The summed E-state index contributed by atoms with van der Waals surface area (Å²) in [7, 11) is 0. The summed E-state index contributed by atoms with van der Waals surface area (Å²) in [5, 5.41) is 12.6. The van der Waals surface area contributed by atoms with Gasteiger partial charge >= 0.3 is 0 Å². The van der Waals surface area contributed by atoms with Gasteiger partial charge in [0.25, 0.3) is 0 Å². The Morgan fingerprint density at radius 3 is 3.07 bits per heavy atom. The van der Waals surface area contributed by atoms with Gasteiger partial charge in [0.1, 0.15) is 5.75 Å². The smallest absolute Gasteiger partial charge is 0.211 e. The molecule has 0 radical (unpaired) electrons. The summed E-state index contributed by atoms with van der Waals surface area (Å²) >= 11 is 0. The number of fused-ring (bicyclic) bond motifs is 1. The highest BCUT2D eigenvalue weighted by molar-refractivity contribution is 5.87. The molecular weight excluding hydrogens is 192 g/mol. The maximum atomic E-state index is 10.0. The molecule has 0 saturated heterocycles. The summed E-state index contributed by atoms with van der Waals surface area (Å²) in [5.41, 5.74) is 1.81. The van der Waals surface area contributed by atoms with Crippen LogP contribution in [0.25, 0.3) is 17.0 Å². The molecule has 0 saturated carbocycles. The predicted molar refractivity (Wildman–Crippen MR) is 58.2 cm³/mol. The Bertz CT molecular complexity index is 514. The highest BCUT2D eigenvalue weighted by atomic mass is 16.3. The molecule has 76 valence electrons. The Balaban J connectivity index is 2.34. The molecule has 0 bridgehead atoms. The molecule has 15 heavy (non-hydrogen) atoms. The molecular formula is C11H10N2O2. The maximum absolute atomic E-state index is 10.0. The van der Waals surface area contributed by atoms with Gasteiger partial charge in [-0.2, -0.15) is 0 Å². The number of rotatable bonds is 3. The third kappa shape index (κ3) is 1.83. The van der Waals surface area contributed by atoms with Crippen molar-refractivity contribution < 1.29 is 9.90 Å². The number of nitrogens with one attached hydrogen (secondary N) is 2. The van der Waals surface area contributed by atoms with Crippen molar-refractivity contribution in [1.82, 2.24) is 10.3 Å². The van der Waals surface area contributed by atoms with E-state index in [0.29, 0.717) is 6.41 Å². The lowest BCUT2D eigenvalue weighted by Gasteiger charge is -1.94. The molecule has 1 amide bonds. The fourth-order valence-corrected chi connectivity index (χ4v) is 1.42. The van der Waals surface area contributed by atoms with Crippen LogP contribution in [0, 0.1) is 0 Å². The average Bonchev–Trinajstić information content (AvgIpc) is 2.61. The summed E-state index contributed by atoms with van der Waals surface area (Å²) in [6, 6.07) is 5.57. The van der Waals surface area contributed by atoms with Gasteiger partial charge in [0.2, 0.25) is 6.41 Å². The molecule has 2 aromatic rings. The van der Waals surface area contributed by atoms with Crippen molar-refractivity contribution in [2.45, 2.75) is 0 Å². The van der Waals surface area contributed by atoms with Crippen LogP contribution in [0.4, 0.5) is 0 Å². The van der Waals surface area contributed by atoms with Gasteiger partial charge in [0.15, 0.2) is 0 Å². The molecule has 0 fully saturated rings. The molecule has 0 aliphatic rings. The third-order valence-electron chi connectivity index (χ3n) is 2.12. The number of H-pyrrole nitrogens is 1. The predicted octanol–water partition coefficient (Wildman–Crippen LogP) is 1.59. The summed E-state index contributed by atoms with van der Waals surface area (Å²) in [5.74, 6) is 0.242. The van der Waals surface area contributed by atoms with E-state index in [2.05, 4.69) is 10.3 Å². The highest BCUT2D eigenvalue weighted by Gasteiger charge is 2.00. The van der Waals surface area contributed by atoms with E-state index in [4.69, 9.17) is 0 Å². The van der Waals surface area contributed by atoms with E-state index < -0.39 is 0 Å². The zero-order valence-electron chi connectivity index (χ0n) is 7.90. The number of aromatic hydroxyl groups is 1. The highest BCUT2D eigenvalue weighted by Crippen LogP contribution is 2.24. The van der Waals surface area contributed by atoms with Crippen LogP contribution in [-0.4, -0.2) is 16.5 Å². The summed E-state index contributed by atoms with van der Waals surface area (Å²) < 4.78 is 0. The van der Waals surface area contributed by atoms with Crippen LogP contribution in [0.5, 0.6) is 5.75 Å². The van der Waals surface area contributed by atoms with E-state index in [9.17, 15) is 9.90 Å².